The fourth-order valence-corrected chi connectivity index (χ4v) is 1.63. The average molecular weight is 250 g/mol. The molecule has 0 saturated carbocycles. The zero-order valence-corrected chi connectivity index (χ0v) is 11.9. The third kappa shape index (κ3) is 3.45. The molecule has 1 amide bonds. The van der Waals surface area contributed by atoms with E-state index in [0.717, 1.165) is 35.2 Å². The quantitative estimate of drug-likeness (QED) is 0.829. The number of ether oxygens (including phenoxy) is 1. The van der Waals surface area contributed by atoms with Crippen LogP contribution >= 0.6 is 0 Å². The van der Waals surface area contributed by atoms with Crippen molar-refractivity contribution >= 4 is 11.9 Å². The number of aryl methyl sites for hydroxylation is 1. The van der Waals surface area contributed by atoms with Crippen LogP contribution in [0.15, 0.2) is 0 Å². The molecular weight excluding hydrogens is 228 g/mol. The number of hydrogen-bond donors (Lipinski definition) is 1. The van der Waals surface area contributed by atoms with E-state index in [2.05, 4.69) is 17.2 Å². The molecule has 0 aliphatic heterocycles. The van der Waals surface area contributed by atoms with Crippen LogP contribution in [0.25, 0.3) is 0 Å². The lowest BCUT2D eigenvalue weighted by molar-refractivity contribution is 0.160. The number of anilines is 1. The summed E-state index contributed by atoms with van der Waals surface area (Å²) in [7, 11) is 0. The number of hydrogen-bond acceptors (Lipinski definition) is 3. The van der Waals surface area contributed by atoms with Gasteiger partial charge in [-0.25, -0.2) is 9.78 Å². The van der Waals surface area contributed by atoms with Crippen LogP contribution in [0.3, 0.4) is 0 Å². The van der Waals surface area contributed by atoms with Crippen LogP contribution in [0.2, 0.25) is 0 Å². The third-order valence-corrected chi connectivity index (χ3v) is 3.25. The Bertz CT molecular complexity index is 442. The number of rotatable bonds is 4. The van der Waals surface area contributed by atoms with Gasteiger partial charge in [-0.05, 0) is 50.8 Å². The largest absolute Gasteiger partial charge is 0.449 e. The van der Waals surface area contributed by atoms with Crippen LogP contribution in [-0.4, -0.2) is 17.7 Å². The number of amides is 1. The van der Waals surface area contributed by atoms with Gasteiger partial charge in [-0.2, -0.15) is 0 Å². The molecule has 0 aliphatic rings. The molecule has 4 heteroatoms. The minimum atomic E-state index is -0.429. The monoisotopic (exact) mass is 250 g/mol. The summed E-state index contributed by atoms with van der Waals surface area (Å²) >= 11 is 0. The smallest absolute Gasteiger partial charge is 0.412 e. The van der Waals surface area contributed by atoms with E-state index in [-0.39, 0.29) is 0 Å². The van der Waals surface area contributed by atoms with Gasteiger partial charge in [-0.3, -0.25) is 5.32 Å². The fraction of sp³-hybridized carbons (Fsp3) is 0.571. The molecule has 0 radical (unpaired) electrons. The zero-order chi connectivity index (χ0) is 13.7. The number of nitrogens with one attached hydrogen (secondary N) is 1. The van der Waals surface area contributed by atoms with Crippen molar-refractivity contribution in [3.63, 3.8) is 0 Å². The molecule has 0 saturated heterocycles. The van der Waals surface area contributed by atoms with Crippen LogP contribution < -0.4 is 5.32 Å². The Hall–Kier alpha value is -1.58. The molecule has 100 valence electrons. The molecule has 4 nitrogen and oxygen atoms in total. The van der Waals surface area contributed by atoms with Crippen molar-refractivity contribution in [3.8, 4) is 0 Å². The van der Waals surface area contributed by atoms with Crippen LogP contribution in [0.1, 0.15) is 42.1 Å². The topological polar surface area (TPSA) is 51.2 Å². The number of aromatic nitrogens is 1. The second kappa shape index (κ2) is 6.38. The first-order chi connectivity index (χ1) is 8.47. The molecule has 1 heterocycles. The minimum Gasteiger partial charge on any atom is -0.449 e. The Morgan fingerprint density at radius 3 is 2.44 bits per heavy atom. The van der Waals surface area contributed by atoms with Gasteiger partial charge in [-0.15, -0.1) is 0 Å². The molecule has 0 atom stereocenters. The fourth-order valence-electron chi connectivity index (χ4n) is 1.63. The maximum absolute atomic E-state index is 11.6. The van der Waals surface area contributed by atoms with Gasteiger partial charge in [0, 0.05) is 5.69 Å². The number of pyridine rings is 1. The number of unbranched alkanes of at least 4 members (excludes halogenated alkanes) is 1. The van der Waals surface area contributed by atoms with Crippen molar-refractivity contribution < 1.29 is 9.53 Å². The van der Waals surface area contributed by atoms with Crippen LogP contribution in [0.4, 0.5) is 10.6 Å². The molecule has 0 aliphatic carbocycles. The van der Waals surface area contributed by atoms with E-state index in [9.17, 15) is 4.79 Å². The minimum absolute atomic E-state index is 0.429. The van der Waals surface area contributed by atoms with E-state index in [1.54, 1.807) is 0 Å². The van der Waals surface area contributed by atoms with Gasteiger partial charge in [0.15, 0.2) is 0 Å². The van der Waals surface area contributed by atoms with Gasteiger partial charge in [-0.1, -0.05) is 13.3 Å². The van der Waals surface area contributed by atoms with Gasteiger partial charge < -0.3 is 4.74 Å². The van der Waals surface area contributed by atoms with Crippen molar-refractivity contribution in [2.75, 3.05) is 11.9 Å². The average Bonchev–Trinajstić information content (AvgIpc) is 2.33. The Balaban J connectivity index is 2.76. The summed E-state index contributed by atoms with van der Waals surface area (Å²) in [6.45, 7) is 10.5. The second-order valence-electron chi connectivity index (χ2n) is 4.54. The Kier molecular flexibility index (Phi) is 5.13. The molecule has 0 aromatic carbocycles. The number of nitrogens with zero attached hydrogens (tertiary/aromatic N) is 1. The highest BCUT2D eigenvalue weighted by Gasteiger charge is 2.11. The lowest BCUT2D eigenvalue weighted by atomic mass is 10.0. The maximum Gasteiger partial charge on any atom is 0.412 e. The highest BCUT2D eigenvalue weighted by molar-refractivity contribution is 5.84. The second-order valence-corrected chi connectivity index (χ2v) is 4.54. The molecule has 0 unspecified atom stereocenters. The first kappa shape index (κ1) is 14.5. The molecule has 0 bridgehead atoms. The van der Waals surface area contributed by atoms with E-state index >= 15 is 0 Å². The molecule has 1 rings (SSSR count). The Morgan fingerprint density at radius 1 is 1.17 bits per heavy atom. The predicted octanol–water partition coefficient (Wildman–Crippen LogP) is 3.66. The molecule has 1 aromatic heterocycles. The first-order valence-electron chi connectivity index (χ1n) is 6.35. The summed E-state index contributed by atoms with van der Waals surface area (Å²) in [5, 5.41) is 2.71. The van der Waals surface area contributed by atoms with E-state index in [4.69, 9.17) is 4.74 Å². The van der Waals surface area contributed by atoms with Crippen LogP contribution in [0.5, 0.6) is 0 Å². The zero-order valence-electron chi connectivity index (χ0n) is 11.9. The summed E-state index contributed by atoms with van der Waals surface area (Å²) < 4.78 is 5.06. The molecule has 1 aromatic rings. The normalized spacial score (nSPS) is 10.3. The maximum atomic E-state index is 11.6. The SMILES string of the molecule is CCCCOC(=O)Nc1nc(C)c(C)c(C)c1C. The van der Waals surface area contributed by atoms with E-state index < -0.39 is 6.09 Å². The van der Waals surface area contributed by atoms with Crippen LogP contribution in [-0.2, 0) is 4.74 Å². The summed E-state index contributed by atoms with van der Waals surface area (Å²) in [6.07, 6.45) is 1.46. The molecule has 0 fully saturated rings. The number of carbonyl (C=O) groups excluding carboxylic acids is 1. The van der Waals surface area contributed by atoms with Gasteiger partial charge in [0.2, 0.25) is 0 Å². The molecular formula is C14H22N2O2. The third-order valence-electron chi connectivity index (χ3n) is 3.25. The van der Waals surface area contributed by atoms with Crippen molar-refractivity contribution in [1.82, 2.24) is 4.98 Å². The Labute approximate surface area is 109 Å². The lowest BCUT2D eigenvalue weighted by Gasteiger charge is -2.13. The summed E-state index contributed by atoms with van der Waals surface area (Å²) in [4.78, 5) is 16.0. The Morgan fingerprint density at radius 2 is 1.83 bits per heavy atom. The van der Waals surface area contributed by atoms with Gasteiger partial charge in [0.25, 0.3) is 0 Å². The van der Waals surface area contributed by atoms with E-state index in [1.807, 2.05) is 27.7 Å². The van der Waals surface area contributed by atoms with Crippen molar-refractivity contribution in [2.45, 2.75) is 47.5 Å². The molecule has 0 spiro atoms. The van der Waals surface area contributed by atoms with Crippen molar-refractivity contribution in [1.29, 1.82) is 0 Å². The number of carbonyl (C=O) groups is 1. The summed E-state index contributed by atoms with van der Waals surface area (Å²) in [5.41, 5.74) is 4.25. The van der Waals surface area contributed by atoms with Crippen molar-refractivity contribution in [2.24, 2.45) is 0 Å². The lowest BCUT2D eigenvalue weighted by Crippen LogP contribution is -2.17. The van der Waals surface area contributed by atoms with E-state index in [1.165, 1.54) is 0 Å². The summed E-state index contributed by atoms with van der Waals surface area (Å²) in [5.74, 6) is 0.595. The van der Waals surface area contributed by atoms with Gasteiger partial charge in [0.1, 0.15) is 5.82 Å². The molecule has 1 N–H and O–H groups in total. The van der Waals surface area contributed by atoms with Gasteiger partial charge >= 0.3 is 6.09 Å². The van der Waals surface area contributed by atoms with Crippen LogP contribution in [0, 0.1) is 27.7 Å². The molecule has 18 heavy (non-hydrogen) atoms. The highest BCUT2D eigenvalue weighted by atomic mass is 16.5. The van der Waals surface area contributed by atoms with Crippen molar-refractivity contribution in [3.05, 3.63) is 22.4 Å². The van der Waals surface area contributed by atoms with E-state index in [0.29, 0.717) is 12.4 Å². The van der Waals surface area contributed by atoms with Gasteiger partial charge in [0.05, 0.1) is 6.61 Å². The summed E-state index contributed by atoms with van der Waals surface area (Å²) in [6, 6.07) is 0. The highest BCUT2D eigenvalue weighted by Crippen LogP contribution is 2.21. The first-order valence-corrected chi connectivity index (χ1v) is 6.35. The standard InChI is InChI=1S/C14H22N2O2/c1-6-7-8-18-14(17)16-13-11(4)9(2)10(3)12(5)15-13/h6-8H2,1-5H3,(H,15,16,17). The predicted molar refractivity (Wildman–Crippen MR) is 73.1 cm³/mol.